The summed E-state index contributed by atoms with van der Waals surface area (Å²) >= 11 is 3.81. The molecule has 0 unspecified atom stereocenters. The number of aromatic nitrogens is 1. The van der Waals surface area contributed by atoms with E-state index >= 15 is 0 Å². The molecule has 0 radical (unpaired) electrons. The van der Waals surface area contributed by atoms with Crippen molar-refractivity contribution in [1.29, 1.82) is 5.26 Å². The van der Waals surface area contributed by atoms with E-state index in [0.717, 1.165) is 11.3 Å². The van der Waals surface area contributed by atoms with Crippen molar-refractivity contribution >= 4 is 17.9 Å². The molecule has 1 amide bonds. The zero-order chi connectivity index (χ0) is 14.4. The Morgan fingerprint density at radius 1 is 1.45 bits per heavy atom. The molecule has 0 bridgehead atoms. The predicted octanol–water partition coefficient (Wildman–Crippen LogP) is 3.11. The molecule has 6 heteroatoms. The Bertz CT molecular complexity index is 602. The summed E-state index contributed by atoms with van der Waals surface area (Å²) in [5.41, 5.74) is 1.61. The smallest absolute Gasteiger partial charge is 0.278 e. The maximum Gasteiger partial charge on any atom is 0.278 e. The second-order valence-electron chi connectivity index (χ2n) is 4.14. The molecule has 5 nitrogen and oxygen atoms in total. The number of thiol groups is 1. The molecule has 2 aromatic heterocycles. The van der Waals surface area contributed by atoms with Gasteiger partial charge in [0.2, 0.25) is 0 Å². The van der Waals surface area contributed by atoms with Crippen molar-refractivity contribution in [2.45, 2.75) is 13.0 Å². The number of pyridine rings is 1. The van der Waals surface area contributed by atoms with Crippen LogP contribution in [0.1, 0.15) is 12.0 Å². The Morgan fingerprint density at radius 2 is 2.30 bits per heavy atom. The van der Waals surface area contributed by atoms with Gasteiger partial charge in [-0.2, -0.15) is 5.26 Å². The Labute approximate surface area is 122 Å². The van der Waals surface area contributed by atoms with E-state index in [1.165, 1.54) is 4.90 Å². The molecule has 0 N–H and O–H groups in total. The third-order valence-corrected chi connectivity index (χ3v) is 3.02. The zero-order valence-electron chi connectivity index (χ0n) is 10.7. The van der Waals surface area contributed by atoms with Crippen LogP contribution in [-0.2, 0) is 6.54 Å². The molecule has 0 saturated carbocycles. The number of hydrogen-bond donors (Lipinski definition) is 1. The van der Waals surface area contributed by atoms with Crippen molar-refractivity contribution in [2.24, 2.45) is 0 Å². The van der Waals surface area contributed by atoms with Crippen LogP contribution in [0.3, 0.4) is 0 Å². The summed E-state index contributed by atoms with van der Waals surface area (Å²) in [6, 6.07) is 9.35. The summed E-state index contributed by atoms with van der Waals surface area (Å²) in [7, 11) is 0. The fourth-order valence-corrected chi connectivity index (χ4v) is 1.91. The highest BCUT2D eigenvalue weighted by Crippen LogP contribution is 2.17. The van der Waals surface area contributed by atoms with Crippen molar-refractivity contribution in [3.05, 3.63) is 42.3 Å². The number of nitriles is 1. The molecular weight excluding hydrogens is 274 g/mol. The fraction of sp³-hybridized carbons (Fsp3) is 0.214. The van der Waals surface area contributed by atoms with Gasteiger partial charge in [0.25, 0.3) is 5.24 Å². The molecule has 0 aliphatic rings. The van der Waals surface area contributed by atoms with Crippen LogP contribution in [0.25, 0.3) is 11.5 Å². The van der Waals surface area contributed by atoms with Gasteiger partial charge in [0.05, 0.1) is 18.8 Å². The third kappa shape index (κ3) is 3.62. The van der Waals surface area contributed by atoms with Crippen LogP contribution in [0.15, 0.2) is 41.1 Å². The number of rotatable bonds is 5. The van der Waals surface area contributed by atoms with Crippen LogP contribution < -0.4 is 0 Å². The van der Waals surface area contributed by atoms with Crippen molar-refractivity contribution in [3.63, 3.8) is 0 Å². The molecular formula is C14H13N3O2S. The van der Waals surface area contributed by atoms with Crippen molar-refractivity contribution in [2.75, 3.05) is 6.54 Å². The maximum atomic E-state index is 11.4. The number of carbonyl (C=O) groups excluding carboxylic acids is 1. The average molecular weight is 287 g/mol. The van der Waals surface area contributed by atoms with Crippen LogP contribution >= 0.6 is 12.6 Å². The first-order valence-corrected chi connectivity index (χ1v) is 6.49. The first-order chi connectivity index (χ1) is 9.70. The molecule has 0 atom stereocenters. The third-order valence-electron chi connectivity index (χ3n) is 2.74. The normalized spacial score (nSPS) is 10.0. The first kappa shape index (κ1) is 14.2. The van der Waals surface area contributed by atoms with Gasteiger partial charge < -0.3 is 9.32 Å². The number of furan rings is 1. The Morgan fingerprint density at radius 3 is 2.85 bits per heavy atom. The van der Waals surface area contributed by atoms with E-state index in [0.29, 0.717) is 18.8 Å². The summed E-state index contributed by atoms with van der Waals surface area (Å²) in [5.74, 6) is 0.697. The highest BCUT2D eigenvalue weighted by atomic mass is 32.1. The van der Waals surface area contributed by atoms with E-state index in [9.17, 15) is 4.79 Å². The standard InChI is InChI=1S/C14H13N3O2S/c15-6-2-7-17(14(18)20)10-11-4-5-12(16-9-11)13-3-1-8-19-13/h1,3-5,8-9H,2,7,10H2,(H,18,20). The summed E-state index contributed by atoms with van der Waals surface area (Å²) in [6.45, 7) is 0.744. The molecule has 2 rings (SSSR count). The first-order valence-electron chi connectivity index (χ1n) is 6.04. The Hall–Kier alpha value is -2.26. The van der Waals surface area contributed by atoms with Crippen LogP contribution in [0.2, 0.25) is 0 Å². The number of nitrogens with zero attached hydrogens (tertiary/aromatic N) is 3. The topological polar surface area (TPSA) is 70.1 Å². The van der Waals surface area contributed by atoms with Gasteiger partial charge in [0, 0.05) is 19.3 Å². The predicted molar refractivity (Wildman–Crippen MR) is 77.0 cm³/mol. The SMILES string of the molecule is N#CCCN(Cc1ccc(-c2ccco2)nc1)C(=O)S. The van der Waals surface area contributed by atoms with Crippen LogP contribution in [0.4, 0.5) is 4.79 Å². The lowest BCUT2D eigenvalue weighted by molar-refractivity contribution is 0.222. The maximum absolute atomic E-state index is 11.4. The van der Waals surface area contributed by atoms with Crippen molar-refractivity contribution in [3.8, 4) is 17.5 Å². The lowest BCUT2D eigenvalue weighted by Gasteiger charge is -2.18. The van der Waals surface area contributed by atoms with E-state index in [4.69, 9.17) is 9.68 Å². The molecule has 2 heterocycles. The monoisotopic (exact) mass is 287 g/mol. The largest absolute Gasteiger partial charge is 0.463 e. The summed E-state index contributed by atoms with van der Waals surface area (Å²) < 4.78 is 5.26. The lowest BCUT2D eigenvalue weighted by atomic mass is 10.2. The summed E-state index contributed by atoms with van der Waals surface area (Å²) in [5, 5.41) is 8.22. The van der Waals surface area contributed by atoms with E-state index < -0.39 is 0 Å². The fourth-order valence-electron chi connectivity index (χ4n) is 1.74. The van der Waals surface area contributed by atoms with Gasteiger partial charge in [-0.15, -0.1) is 0 Å². The van der Waals surface area contributed by atoms with E-state index in [-0.39, 0.29) is 11.7 Å². The van der Waals surface area contributed by atoms with E-state index in [1.807, 2.05) is 24.3 Å². The van der Waals surface area contributed by atoms with Crippen molar-refractivity contribution in [1.82, 2.24) is 9.88 Å². The molecule has 0 saturated heterocycles. The van der Waals surface area contributed by atoms with E-state index in [1.54, 1.807) is 18.5 Å². The Kier molecular flexibility index (Phi) is 4.80. The minimum atomic E-state index is -0.352. The van der Waals surface area contributed by atoms with Gasteiger partial charge in [0.15, 0.2) is 5.76 Å². The van der Waals surface area contributed by atoms with Gasteiger partial charge in [-0.1, -0.05) is 18.7 Å². The molecule has 0 aliphatic heterocycles. The van der Waals surface area contributed by atoms with Gasteiger partial charge in [0.1, 0.15) is 5.69 Å². The van der Waals surface area contributed by atoms with Gasteiger partial charge in [-0.3, -0.25) is 9.78 Å². The molecule has 0 fully saturated rings. The quantitative estimate of drug-likeness (QED) is 0.858. The molecule has 0 aliphatic carbocycles. The van der Waals surface area contributed by atoms with Gasteiger partial charge in [-0.25, -0.2) is 0 Å². The highest BCUT2D eigenvalue weighted by molar-refractivity contribution is 7.96. The number of amides is 1. The Balaban J connectivity index is 2.06. The minimum Gasteiger partial charge on any atom is -0.463 e. The van der Waals surface area contributed by atoms with Gasteiger partial charge >= 0.3 is 0 Å². The minimum absolute atomic E-state index is 0.282. The molecule has 0 spiro atoms. The molecule has 2 aromatic rings. The van der Waals surface area contributed by atoms with Crippen LogP contribution in [-0.4, -0.2) is 21.7 Å². The van der Waals surface area contributed by atoms with Gasteiger partial charge in [-0.05, 0) is 23.8 Å². The number of hydrogen-bond acceptors (Lipinski definition) is 4. The van der Waals surface area contributed by atoms with Crippen LogP contribution in [0, 0.1) is 11.3 Å². The van der Waals surface area contributed by atoms with E-state index in [2.05, 4.69) is 17.6 Å². The molecule has 102 valence electrons. The average Bonchev–Trinajstić information content (AvgIpc) is 2.98. The van der Waals surface area contributed by atoms with Crippen LogP contribution in [0.5, 0.6) is 0 Å². The molecule has 20 heavy (non-hydrogen) atoms. The number of carbonyl (C=O) groups is 1. The lowest BCUT2D eigenvalue weighted by Crippen LogP contribution is -2.26. The zero-order valence-corrected chi connectivity index (χ0v) is 11.6. The summed E-state index contributed by atoms with van der Waals surface area (Å²) in [4.78, 5) is 17.1. The summed E-state index contributed by atoms with van der Waals surface area (Å²) in [6.07, 6.45) is 3.56. The van der Waals surface area contributed by atoms with Crippen molar-refractivity contribution < 1.29 is 9.21 Å². The molecule has 0 aromatic carbocycles. The highest BCUT2D eigenvalue weighted by Gasteiger charge is 2.10. The second kappa shape index (κ2) is 6.78. The second-order valence-corrected chi connectivity index (χ2v) is 4.52.